The molecule has 3 heteroatoms. The van der Waals surface area contributed by atoms with Crippen LogP contribution in [0.3, 0.4) is 0 Å². The standard InChI is InChI=1S/C18H24N2S/c1-2-17-8-9-18(21-17)14-20-11-10-19-16(13-20)12-15-6-4-3-5-7-15/h3-9,16,19H,2,10-14H2,1H3. The van der Waals surface area contributed by atoms with Gasteiger partial charge >= 0.3 is 0 Å². The highest BCUT2D eigenvalue weighted by Crippen LogP contribution is 2.19. The molecule has 0 aliphatic carbocycles. The Kier molecular flexibility index (Phi) is 5.07. The molecule has 3 rings (SSSR count). The van der Waals surface area contributed by atoms with Gasteiger partial charge in [0.05, 0.1) is 0 Å². The van der Waals surface area contributed by atoms with E-state index in [1.165, 1.54) is 15.3 Å². The second-order valence-electron chi connectivity index (χ2n) is 5.80. The summed E-state index contributed by atoms with van der Waals surface area (Å²) in [5, 5.41) is 3.66. The Morgan fingerprint density at radius 3 is 2.71 bits per heavy atom. The number of piperazine rings is 1. The van der Waals surface area contributed by atoms with E-state index in [1.54, 1.807) is 0 Å². The summed E-state index contributed by atoms with van der Waals surface area (Å²) >= 11 is 1.97. The third-order valence-electron chi connectivity index (χ3n) is 4.11. The minimum absolute atomic E-state index is 0.576. The number of rotatable bonds is 5. The fourth-order valence-corrected chi connectivity index (χ4v) is 3.99. The molecule has 1 aromatic carbocycles. The maximum absolute atomic E-state index is 3.66. The van der Waals surface area contributed by atoms with Gasteiger partial charge in [-0.3, -0.25) is 4.90 Å². The van der Waals surface area contributed by atoms with Gasteiger partial charge in [0.15, 0.2) is 0 Å². The molecule has 2 aromatic rings. The second kappa shape index (κ2) is 7.21. The van der Waals surface area contributed by atoms with Crippen LogP contribution in [0.5, 0.6) is 0 Å². The van der Waals surface area contributed by atoms with Crippen molar-refractivity contribution in [3.63, 3.8) is 0 Å². The van der Waals surface area contributed by atoms with Crippen molar-refractivity contribution in [3.8, 4) is 0 Å². The molecule has 1 saturated heterocycles. The number of hydrogen-bond acceptors (Lipinski definition) is 3. The van der Waals surface area contributed by atoms with Crippen LogP contribution < -0.4 is 5.32 Å². The molecule has 0 radical (unpaired) electrons. The zero-order valence-corrected chi connectivity index (χ0v) is 13.5. The van der Waals surface area contributed by atoms with Gasteiger partial charge in [0, 0.05) is 42.0 Å². The molecule has 1 aliphatic heterocycles. The molecule has 0 spiro atoms. The fraction of sp³-hybridized carbons (Fsp3) is 0.444. The molecule has 0 amide bonds. The van der Waals surface area contributed by atoms with Gasteiger partial charge in [-0.25, -0.2) is 0 Å². The highest BCUT2D eigenvalue weighted by molar-refractivity contribution is 7.11. The van der Waals surface area contributed by atoms with Crippen molar-refractivity contribution in [3.05, 3.63) is 57.8 Å². The smallest absolute Gasteiger partial charge is 0.0329 e. The molecule has 0 bridgehead atoms. The number of aryl methyl sites for hydroxylation is 1. The highest BCUT2D eigenvalue weighted by Gasteiger charge is 2.19. The van der Waals surface area contributed by atoms with E-state index >= 15 is 0 Å². The van der Waals surface area contributed by atoms with Gasteiger partial charge < -0.3 is 5.32 Å². The maximum atomic E-state index is 3.66. The molecule has 1 atom stereocenters. The number of thiophene rings is 1. The SMILES string of the molecule is CCc1ccc(CN2CCNC(Cc3ccccc3)C2)s1. The molecule has 2 nitrogen and oxygen atoms in total. The third kappa shape index (κ3) is 4.16. The van der Waals surface area contributed by atoms with E-state index in [0.29, 0.717) is 6.04 Å². The fourth-order valence-electron chi connectivity index (χ4n) is 2.99. The lowest BCUT2D eigenvalue weighted by Crippen LogP contribution is -2.51. The third-order valence-corrected chi connectivity index (χ3v) is 5.32. The lowest BCUT2D eigenvalue weighted by molar-refractivity contribution is 0.193. The summed E-state index contributed by atoms with van der Waals surface area (Å²) in [7, 11) is 0. The summed E-state index contributed by atoms with van der Waals surface area (Å²) in [6.07, 6.45) is 2.28. The second-order valence-corrected chi connectivity index (χ2v) is 7.05. The van der Waals surface area contributed by atoms with E-state index in [0.717, 1.165) is 39.0 Å². The number of nitrogens with one attached hydrogen (secondary N) is 1. The Bertz CT molecular complexity index is 549. The summed E-state index contributed by atoms with van der Waals surface area (Å²) in [5.41, 5.74) is 1.43. The van der Waals surface area contributed by atoms with E-state index < -0.39 is 0 Å². The summed E-state index contributed by atoms with van der Waals surface area (Å²) in [6.45, 7) is 6.75. The summed E-state index contributed by atoms with van der Waals surface area (Å²) in [6, 6.07) is 16.0. The minimum Gasteiger partial charge on any atom is -0.311 e. The molecule has 0 saturated carbocycles. The Balaban J connectivity index is 1.55. The highest BCUT2D eigenvalue weighted by atomic mass is 32.1. The predicted octanol–water partition coefficient (Wildman–Crippen LogP) is 3.33. The zero-order valence-electron chi connectivity index (χ0n) is 12.7. The first-order valence-corrected chi connectivity index (χ1v) is 8.72. The van der Waals surface area contributed by atoms with Crippen molar-refractivity contribution < 1.29 is 0 Å². The first kappa shape index (κ1) is 14.8. The van der Waals surface area contributed by atoms with E-state index in [4.69, 9.17) is 0 Å². The summed E-state index contributed by atoms with van der Waals surface area (Å²) < 4.78 is 0. The Labute approximate surface area is 131 Å². The molecular formula is C18H24N2S. The van der Waals surface area contributed by atoms with Crippen LogP contribution in [-0.4, -0.2) is 30.6 Å². The van der Waals surface area contributed by atoms with Crippen molar-refractivity contribution in [2.24, 2.45) is 0 Å². The molecule has 1 N–H and O–H groups in total. The molecule has 2 heterocycles. The van der Waals surface area contributed by atoms with Crippen LogP contribution in [0.15, 0.2) is 42.5 Å². The van der Waals surface area contributed by atoms with Gasteiger partial charge in [-0.2, -0.15) is 0 Å². The number of nitrogens with zero attached hydrogens (tertiary/aromatic N) is 1. The quantitative estimate of drug-likeness (QED) is 0.911. The molecule has 1 aliphatic rings. The first-order valence-electron chi connectivity index (χ1n) is 7.90. The van der Waals surface area contributed by atoms with Gasteiger partial charge in [-0.15, -0.1) is 11.3 Å². The normalized spacial score (nSPS) is 19.8. The molecular weight excluding hydrogens is 276 g/mol. The van der Waals surface area contributed by atoms with Gasteiger partial charge in [0.25, 0.3) is 0 Å². The van der Waals surface area contributed by atoms with Crippen molar-refractivity contribution >= 4 is 11.3 Å². The molecule has 1 fully saturated rings. The lowest BCUT2D eigenvalue weighted by atomic mass is 10.0. The van der Waals surface area contributed by atoms with Crippen LogP contribution in [-0.2, 0) is 19.4 Å². The maximum Gasteiger partial charge on any atom is 0.0329 e. The summed E-state index contributed by atoms with van der Waals surface area (Å²) in [5.74, 6) is 0. The van der Waals surface area contributed by atoms with Crippen molar-refractivity contribution in [2.75, 3.05) is 19.6 Å². The largest absolute Gasteiger partial charge is 0.311 e. The van der Waals surface area contributed by atoms with Gasteiger partial charge in [-0.1, -0.05) is 37.3 Å². The average Bonchev–Trinajstić information content (AvgIpc) is 2.96. The number of benzene rings is 1. The molecule has 1 unspecified atom stereocenters. The van der Waals surface area contributed by atoms with Gasteiger partial charge in [0.1, 0.15) is 0 Å². The zero-order chi connectivity index (χ0) is 14.5. The van der Waals surface area contributed by atoms with Crippen LogP contribution in [0.2, 0.25) is 0 Å². The van der Waals surface area contributed by atoms with Crippen LogP contribution in [0.4, 0.5) is 0 Å². The topological polar surface area (TPSA) is 15.3 Å². The van der Waals surface area contributed by atoms with Crippen LogP contribution in [0.25, 0.3) is 0 Å². The minimum atomic E-state index is 0.576. The van der Waals surface area contributed by atoms with Gasteiger partial charge in [-0.05, 0) is 30.5 Å². The van der Waals surface area contributed by atoms with E-state index in [1.807, 2.05) is 11.3 Å². The first-order chi connectivity index (χ1) is 10.3. The average molecular weight is 300 g/mol. The Morgan fingerprint density at radius 1 is 1.14 bits per heavy atom. The monoisotopic (exact) mass is 300 g/mol. The van der Waals surface area contributed by atoms with E-state index in [9.17, 15) is 0 Å². The molecule has 1 aromatic heterocycles. The van der Waals surface area contributed by atoms with Crippen LogP contribution >= 0.6 is 11.3 Å². The Morgan fingerprint density at radius 2 is 1.95 bits per heavy atom. The molecule has 112 valence electrons. The number of hydrogen-bond donors (Lipinski definition) is 1. The van der Waals surface area contributed by atoms with E-state index in [-0.39, 0.29) is 0 Å². The van der Waals surface area contributed by atoms with Crippen molar-refractivity contribution in [2.45, 2.75) is 32.4 Å². The van der Waals surface area contributed by atoms with Crippen LogP contribution in [0.1, 0.15) is 22.2 Å². The summed E-state index contributed by atoms with van der Waals surface area (Å²) in [4.78, 5) is 5.60. The lowest BCUT2D eigenvalue weighted by Gasteiger charge is -2.33. The molecule has 21 heavy (non-hydrogen) atoms. The predicted molar refractivity (Wildman–Crippen MR) is 90.9 cm³/mol. The Hall–Kier alpha value is -1.16. The van der Waals surface area contributed by atoms with E-state index in [2.05, 4.69) is 59.6 Å². The van der Waals surface area contributed by atoms with Crippen molar-refractivity contribution in [1.82, 2.24) is 10.2 Å². The van der Waals surface area contributed by atoms with Crippen LogP contribution in [0, 0.1) is 0 Å². The van der Waals surface area contributed by atoms with Crippen molar-refractivity contribution in [1.29, 1.82) is 0 Å². The van der Waals surface area contributed by atoms with Gasteiger partial charge in [0.2, 0.25) is 0 Å².